The summed E-state index contributed by atoms with van der Waals surface area (Å²) in [5.74, 6) is 2.89. The quantitative estimate of drug-likeness (QED) is 0.649. The number of aliphatic hydroxyl groups is 1. The summed E-state index contributed by atoms with van der Waals surface area (Å²) in [5.41, 5.74) is 2.95. The third kappa shape index (κ3) is 2.91. The van der Waals surface area contributed by atoms with Gasteiger partial charge < -0.3 is 9.84 Å². The Kier molecular flexibility index (Phi) is 4.61. The van der Waals surface area contributed by atoms with Gasteiger partial charge in [0.05, 0.1) is 11.9 Å². The molecule has 3 nitrogen and oxygen atoms in total. The molecule has 2 saturated carbocycles. The van der Waals surface area contributed by atoms with Crippen molar-refractivity contribution in [3.05, 3.63) is 29.3 Å². The molecule has 1 aromatic carbocycles. The van der Waals surface area contributed by atoms with Crippen molar-refractivity contribution in [1.29, 1.82) is 0 Å². The van der Waals surface area contributed by atoms with Gasteiger partial charge in [0.2, 0.25) is 0 Å². The van der Waals surface area contributed by atoms with Crippen molar-refractivity contribution >= 4 is 17.7 Å². The summed E-state index contributed by atoms with van der Waals surface area (Å²) in [6.45, 7) is 2.31. The summed E-state index contributed by atoms with van der Waals surface area (Å²) in [4.78, 5) is 11.7. The number of rotatable bonds is 3. The molecule has 5 atom stereocenters. The summed E-state index contributed by atoms with van der Waals surface area (Å²) < 4.78 is 5.46. The van der Waals surface area contributed by atoms with E-state index in [1.54, 1.807) is 0 Å². The number of hydrogen-bond donors (Lipinski definition) is 1. The monoisotopic (exact) mass is 360 g/mol. The number of aryl methyl sites for hydroxylation is 1. The van der Waals surface area contributed by atoms with Gasteiger partial charge in [-0.1, -0.05) is 13.0 Å². The van der Waals surface area contributed by atoms with E-state index in [0.717, 1.165) is 19.3 Å². The Morgan fingerprint density at radius 2 is 2.16 bits per heavy atom. The van der Waals surface area contributed by atoms with Crippen molar-refractivity contribution in [2.24, 2.45) is 17.3 Å². The lowest BCUT2D eigenvalue weighted by atomic mass is 9.55. The summed E-state index contributed by atoms with van der Waals surface area (Å²) in [6, 6.07) is 6.25. The van der Waals surface area contributed by atoms with Crippen LogP contribution < -0.4 is 4.74 Å². The van der Waals surface area contributed by atoms with E-state index in [1.165, 1.54) is 42.2 Å². The molecule has 0 unspecified atom stereocenters. The minimum Gasteiger partial charge on any atom is -0.426 e. The number of ether oxygens (including phenoxy) is 1. The number of thioether (sulfide) groups is 1. The second kappa shape index (κ2) is 6.62. The molecule has 3 aliphatic rings. The van der Waals surface area contributed by atoms with E-state index < -0.39 is 0 Å². The third-order valence-corrected chi connectivity index (χ3v) is 7.67. The smallest absolute Gasteiger partial charge is 0.321 e. The molecule has 0 saturated heterocycles. The van der Waals surface area contributed by atoms with E-state index in [-0.39, 0.29) is 17.5 Å². The second-order valence-corrected chi connectivity index (χ2v) is 9.19. The van der Waals surface area contributed by atoms with Crippen molar-refractivity contribution < 1.29 is 14.6 Å². The van der Waals surface area contributed by atoms with Gasteiger partial charge in [-0.25, -0.2) is 0 Å². The zero-order valence-corrected chi connectivity index (χ0v) is 16.0. The predicted molar refractivity (Wildman–Crippen MR) is 101 cm³/mol. The van der Waals surface area contributed by atoms with Crippen LogP contribution >= 0.6 is 11.8 Å². The van der Waals surface area contributed by atoms with E-state index in [0.29, 0.717) is 29.3 Å². The van der Waals surface area contributed by atoms with Crippen LogP contribution in [-0.2, 0) is 11.2 Å². The van der Waals surface area contributed by atoms with Gasteiger partial charge in [-0.2, -0.15) is 11.8 Å². The molecule has 0 amide bonds. The minimum absolute atomic E-state index is 0.113. The maximum Gasteiger partial charge on any atom is 0.321 e. The van der Waals surface area contributed by atoms with E-state index in [1.807, 2.05) is 12.3 Å². The Balaban J connectivity index is 1.56. The maximum atomic E-state index is 11.7. The van der Waals surface area contributed by atoms with Crippen LogP contribution in [0.4, 0.5) is 0 Å². The third-order valence-electron chi connectivity index (χ3n) is 7.14. The lowest BCUT2D eigenvalue weighted by Gasteiger charge is -2.50. The Bertz CT molecular complexity index is 673. The predicted octanol–water partition coefficient (Wildman–Crippen LogP) is 4.17. The largest absolute Gasteiger partial charge is 0.426 e. The van der Waals surface area contributed by atoms with Gasteiger partial charge in [0.25, 0.3) is 0 Å². The molecular weight excluding hydrogens is 332 g/mol. The average Bonchev–Trinajstić information content (AvgIpc) is 2.90. The van der Waals surface area contributed by atoms with Crippen LogP contribution in [0.1, 0.15) is 56.1 Å². The van der Waals surface area contributed by atoms with Crippen LogP contribution in [0.5, 0.6) is 5.75 Å². The first kappa shape index (κ1) is 17.4. The zero-order valence-electron chi connectivity index (χ0n) is 15.2. The number of benzene rings is 1. The Hall–Kier alpha value is -1.00. The fourth-order valence-electron chi connectivity index (χ4n) is 5.87. The van der Waals surface area contributed by atoms with E-state index in [4.69, 9.17) is 4.74 Å². The number of fused-ring (bicyclic) bond motifs is 5. The molecule has 25 heavy (non-hydrogen) atoms. The molecule has 136 valence electrons. The molecule has 2 fully saturated rings. The van der Waals surface area contributed by atoms with Crippen molar-refractivity contribution in [2.45, 2.75) is 57.5 Å². The first-order valence-corrected chi connectivity index (χ1v) is 10.9. The van der Waals surface area contributed by atoms with E-state index in [2.05, 4.69) is 19.1 Å². The highest BCUT2D eigenvalue weighted by Crippen LogP contribution is 2.60. The van der Waals surface area contributed by atoms with Gasteiger partial charge >= 0.3 is 5.97 Å². The molecule has 3 aliphatic carbocycles. The molecule has 0 radical (unpaired) electrons. The molecule has 1 N–H and O–H groups in total. The molecule has 0 bridgehead atoms. The highest BCUT2D eigenvalue weighted by Gasteiger charge is 2.54. The number of carbonyl (C=O) groups excluding carboxylic acids is 1. The van der Waals surface area contributed by atoms with Gasteiger partial charge in [0, 0.05) is 0 Å². The van der Waals surface area contributed by atoms with Crippen molar-refractivity contribution in [1.82, 2.24) is 0 Å². The first-order valence-electron chi connectivity index (χ1n) is 9.53. The fourth-order valence-corrected chi connectivity index (χ4v) is 6.17. The first-order chi connectivity index (χ1) is 12.0. The van der Waals surface area contributed by atoms with Gasteiger partial charge in [-0.3, -0.25) is 4.79 Å². The van der Waals surface area contributed by atoms with E-state index >= 15 is 0 Å². The van der Waals surface area contributed by atoms with Crippen molar-refractivity contribution in [3.63, 3.8) is 0 Å². The standard InChI is InChI=1S/C21H28O3S/c1-21-10-9-16-15-6-4-14(24-20(23)12-25-2)11-13(15)3-5-17(16)18(21)7-8-19(21)22/h4,6,11,16-19,22H,3,5,7-10,12H2,1-2H3/t16-,17-,18+,19+,21+/m1/s1. The molecule has 4 heteroatoms. The zero-order chi connectivity index (χ0) is 17.6. The topological polar surface area (TPSA) is 46.5 Å². The van der Waals surface area contributed by atoms with Gasteiger partial charge in [-0.05, 0) is 91.2 Å². The minimum atomic E-state index is -0.172. The van der Waals surface area contributed by atoms with Crippen LogP contribution in [0, 0.1) is 17.3 Å². The summed E-state index contributed by atoms with van der Waals surface area (Å²) in [5, 5.41) is 10.5. The molecule has 0 aliphatic heterocycles. The molecule has 1 aromatic rings. The molecule has 4 rings (SSSR count). The van der Waals surface area contributed by atoms with Crippen LogP contribution in [-0.4, -0.2) is 29.2 Å². The van der Waals surface area contributed by atoms with E-state index in [9.17, 15) is 9.90 Å². The van der Waals surface area contributed by atoms with Crippen LogP contribution in [0.2, 0.25) is 0 Å². The highest BCUT2D eigenvalue weighted by molar-refractivity contribution is 7.99. The Labute approximate surface area is 154 Å². The normalized spacial score (nSPS) is 36.3. The number of carbonyl (C=O) groups is 1. The van der Waals surface area contributed by atoms with Crippen LogP contribution in [0.15, 0.2) is 18.2 Å². The molecule has 0 spiro atoms. The second-order valence-electron chi connectivity index (χ2n) is 8.32. The number of hydrogen-bond acceptors (Lipinski definition) is 4. The van der Waals surface area contributed by atoms with Gasteiger partial charge in [0.1, 0.15) is 5.75 Å². The summed E-state index contributed by atoms with van der Waals surface area (Å²) in [7, 11) is 0. The molecule has 0 aromatic heterocycles. The number of esters is 1. The van der Waals surface area contributed by atoms with Crippen LogP contribution in [0.25, 0.3) is 0 Å². The van der Waals surface area contributed by atoms with Crippen molar-refractivity contribution in [3.8, 4) is 5.75 Å². The molecule has 0 heterocycles. The SMILES string of the molecule is CSCC(=O)Oc1ccc2c(c1)CC[C@@H]1[C@@H]2CC[C@]2(C)[C@@H](O)CC[C@@H]12. The van der Waals surface area contributed by atoms with Gasteiger partial charge in [0.15, 0.2) is 0 Å². The molecular formula is C21H28O3S. The summed E-state index contributed by atoms with van der Waals surface area (Å²) in [6.07, 6.45) is 8.51. The maximum absolute atomic E-state index is 11.7. The average molecular weight is 361 g/mol. The Morgan fingerprint density at radius 3 is 2.96 bits per heavy atom. The highest BCUT2D eigenvalue weighted by atomic mass is 32.2. The summed E-state index contributed by atoms with van der Waals surface area (Å²) >= 11 is 1.49. The number of aliphatic hydroxyl groups excluding tert-OH is 1. The fraction of sp³-hybridized carbons (Fsp3) is 0.667. The lowest BCUT2D eigenvalue weighted by molar-refractivity contribution is -0.131. The van der Waals surface area contributed by atoms with Gasteiger partial charge in [-0.15, -0.1) is 0 Å². The Morgan fingerprint density at radius 1 is 1.32 bits per heavy atom. The van der Waals surface area contributed by atoms with Crippen molar-refractivity contribution in [2.75, 3.05) is 12.0 Å². The lowest BCUT2D eigenvalue weighted by Crippen LogP contribution is -2.43. The van der Waals surface area contributed by atoms with Crippen LogP contribution in [0.3, 0.4) is 0 Å².